The number of hydrogen-bond donors (Lipinski definition) is 2. The van der Waals surface area contributed by atoms with Gasteiger partial charge in [0.15, 0.2) is 5.78 Å². The molecule has 1 aromatic heterocycles. The summed E-state index contributed by atoms with van der Waals surface area (Å²) < 4.78 is 13.0. The minimum Gasteiger partial charge on any atom is -0.352 e. The molecule has 0 saturated carbocycles. The maximum absolute atomic E-state index is 13.0. The highest BCUT2D eigenvalue weighted by Crippen LogP contribution is 2.22. The first-order valence-corrected chi connectivity index (χ1v) is 4.64. The van der Waals surface area contributed by atoms with Crippen LogP contribution in [0.15, 0.2) is 18.2 Å². The maximum atomic E-state index is 13.0. The second-order valence-corrected chi connectivity index (χ2v) is 3.44. The maximum Gasteiger partial charge on any atom is 0.192 e. The second-order valence-electron chi connectivity index (χ2n) is 3.44. The molecule has 0 fully saturated rings. The summed E-state index contributed by atoms with van der Waals surface area (Å²) in [6.45, 7) is 1.73. The fraction of sp³-hybridized carbons (Fsp3) is 0.182. The Morgan fingerprint density at radius 2 is 2.27 bits per heavy atom. The number of hydrogen-bond acceptors (Lipinski definition) is 2. The molecule has 0 aliphatic carbocycles. The van der Waals surface area contributed by atoms with Crippen molar-refractivity contribution >= 4 is 16.7 Å². The number of aromatic nitrogens is 1. The van der Waals surface area contributed by atoms with E-state index in [1.54, 1.807) is 13.0 Å². The van der Waals surface area contributed by atoms with Crippen molar-refractivity contribution in [2.45, 2.75) is 6.92 Å². The van der Waals surface area contributed by atoms with E-state index in [1.165, 1.54) is 12.1 Å². The van der Waals surface area contributed by atoms with E-state index in [4.69, 9.17) is 5.73 Å². The number of Topliss-reactive ketones (excluding diaryl/α,β-unsaturated/α-hetero) is 1. The molecule has 15 heavy (non-hydrogen) atoms. The summed E-state index contributed by atoms with van der Waals surface area (Å²) in [6.07, 6.45) is 0. The smallest absolute Gasteiger partial charge is 0.192 e. The molecule has 0 bridgehead atoms. The average Bonchev–Trinajstić information content (AvgIpc) is 2.55. The van der Waals surface area contributed by atoms with Crippen molar-refractivity contribution in [2.75, 3.05) is 6.54 Å². The third kappa shape index (κ3) is 1.53. The molecule has 2 rings (SSSR count). The number of aryl methyl sites for hydroxylation is 1. The van der Waals surface area contributed by atoms with Crippen LogP contribution in [-0.2, 0) is 0 Å². The Bertz CT molecular complexity index is 531. The van der Waals surface area contributed by atoms with E-state index in [2.05, 4.69) is 4.98 Å². The van der Waals surface area contributed by atoms with Crippen LogP contribution in [0.4, 0.5) is 4.39 Å². The predicted octanol–water partition coefficient (Wildman–Crippen LogP) is 1.76. The van der Waals surface area contributed by atoms with Crippen molar-refractivity contribution in [2.24, 2.45) is 5.73 Å². The minimum atomic E-state index is -0.309. The lowest BCUT2D eigenvalue weighted by atomic mass is 10.1. The SMILES string of the molecule is Cc1c(C(=O)CN)[nH]c2ccc(F)cc12. The van der Waals surface area contributed by atoms with Crippen molar-refractivity contribution in [1.82, 2.24) is 4.98 Å². The van der Waals surface area contributed by atoms with Gasteiger partial charge in [-0.05, 0) is 30.7 Å². The van der Waals surface area contributed by atoms with Crippen molar-refractivity contribution in [3.05, 3.63) is 35.3 Å². The van der Waals surface area contributed by atoms with Gasteiger partial charge in [-0.3, -0.25) is 4.79 Å². The molecular formula is C11H11FN2O. The van der Waals surface area contributed by atoms with Crippen LogP contribution in [0.3, 0.4) is 0 Å². The number of fused-ring (bicyclic) bond motifs is 1. The number of rotatable bonds is 2. The lowest BCUT2D eigenvalue weighted by Crippen LogP contribution is -2.14. The zero-order chi connectivity index (χ0) is 11.0. The number of ketones is 1. The molecule has 3 N–H and O–H groups in total. The number of benzene rings is 1. The largest absolute Gasteiger partial charge is 0.352 e. The van der Waals surface area contributed by atoms with Crippen LogP contribution in [0.1, 0.15) is 16.1 Å². The first-order valence-electron chi connectivity index (χ1n) is 4.64. The van der Waals surface area contributed by atoms with Gasteiger partial charge >= 0.3 is 0 Å². The summed E-state index contributed by atoms with van der Waals surface area (Å²) >= 11 is 0. The highest BCUT2D eigenvalue weighted by atomic mass is 19.1. The van der Waals surface area contributed by atoms with E-state index in [-0.39, 0.29) is 18.1 Å². The number of halogens is 1. The van der Waals surface area contributed by atoms with E-state index >= 15 is 0 Å². The van der Waals surface area contributed by atoms with Crippen molar-refractivity contribution in [3.8, 4) is 0 Å². The summed E-state index contributed by atoms with van der Waals surface area (Å²) in [7, 11) is 0. The number of carbonyl (C=O) groups is 1. The molecule has 2 aromatic rings. The van der Waals surface area contributed by atoms with E-state index in [0.29, 0.717) is 5.69 Å². The third-order valence-corrected chi connectivity index (χ3v) is 2.48. The summed E-state index contributed by atoms with van der Waals surface area (Å²) in [6, 6.07) is 4.38. The van der Waals surface area contributed by atoms with E-state index in [1.807, 2.05) is 0 Å². The van der Waals surface area contributed by atoms with Crippen molar-refractivity contribution in [1.29, 1.82) is 0 Å². The predicted molar refractivity (Wildman–Crippen MR) is 56.4 cm³/mol. The fourth-order valence-corrected chi connectivity index (χ4v) is 1.68. The molecule has 0 radical (unpaired) electrons. The third-order valence-electron chi connectivity index (χ3n) is 2.48. The van der Waals surface area contributed by atoms with Crippen molar-refractivity contribution < 1.29 is 9.18 Å². The van der Waals surface area contributed by atoms with Crippen molar-refractivity contribution in [3.63, 3.8) is 0 Å². The standard InChI is InChI=1S/C11H11FN2O/c1-6-8-4-7(12)2-3-9(8)14-11(6)10(15)5-13/h2-4,14H,5,13H2,1H3. The molecule has 0 aliphatic heterocycles. The molecule has 78 valence electrons. The first-order chi connectivity index (χ1) is 7.13. The van der Waals surface area contributed by atoms with Crippen LogP contribution in [0.2, 0.25) is 0 Å². The highest BCUT2D eigenvalue weighted by Gasteiger charge is 2.13. The number of H-pyrrole nitrogens is 1. The van der Waals surface area contributed by atoms with Gasteiger partial charge in [0.1, 0.15) is 5.82 Å². The molecule has 1 aromatic carbocycles. The number of carbonyl (C=O) groups excluding carboxylic acids is 1. The van der Waals surface area contributed by atoms with Crippen LogP contribution < -0.4 is 5.73 Å². The summed E-state index contributed by atoms with van der Waals surface area (Å²) in [5, 5.41) is 0.729. The van der Waals surface area contributed by atoms with E-state index in [9.17, 15) is 9.18 Å². The quantitative estimate of drug-likeness (QED) is 0.735. The fourth-order valence-electron chi connectivity index (χ4n) is 1.68. The molecule has 0 unspecified atom stereocenters. The summed E-state index contributed by atoms with van der Waals surface area (Å²) in [4.78, 5) is 14.4. The highest BCUT2D eigenvalue weighted by molar-refractivity contribution is 6.02. The molecule has 0 aliphatic rings. The molecule has 0 amide bonds. The molecule has 1 heterocycles. The van der Waals surface area contributed by atoms with Gasteiger partial charge in [0.05, 0.1) is 12.2 Å². The average molecular weight is 206 g/mol. The Morgan fingerprint density at radius 3 is 2.93 bits per heavy atom. The van der Waals surface area contributed by atoms with Gasteiger partial charge in [-0.1, -0.05) is 0 Å². The molecule has 0 spiro atoms. The van der Waals surface area contributed by atoms with Crippen LogP contribution in [0, 0.1) is 12.7 Å². The number of nitrogens with one attached hydrogen (secondary N) is 1. The van der Waals surface area contributed by atoms with Gasteiger partial charge in [-0.15, -0.1) is 0 Å². The van der Waals surface area contributed by atoms with E-state index in [0.717, 1.165) is 16.5 Å². The Labute approximate surface area is 86.1 Å². The minimum absolute atomic E-state index is 0.0455. The molecule has 4 heteroatoms. The molecular weight excluding hydrogens is 195 g/mol. The lowest BCUT2D eigenvalue weighted by Gasteiger charge is -1.94. The first kappa shape index (κ1) is 9.86. The zero-order valence-electron chi connectivity index (χ0n) is 8.30. The summed E-state index contributed by atoms with van der Waals surface area (Å²) in [5.41, 5.74) is 7.26. The normalized spacial score (nSPS) is 10.9. The monoisotopic (exact) mass is 206 g/mol. The van der Waals surface area contributed by atoms with Gasteiger partial charge in [0, 0.05) is 10.9 Å². The topological polar surface area (TPSA) is 58.9 Å². The Morgan fingerprint density at radius 1 is 1.53 bits per heavy atom. The van der Waals surface area contributed by atoms with Gasteiger partial charge in [-0.25, -0.2) is 4.39 Å². The zero-order valence-corrected chi connectivity index (χ0v) is 8.30. The Balaban J connectivity index is 2.69. The van der Waals surface area contributed by atoms with Crippen LogP contribution in [0.25, 0.3) is 10.9 Å². The van der Waals surface area contributed by atoms with Gasteiger partial charge in [0.25, 0.3) is 0 Å². The molecule has 0 atom stereocenters. The second kappa shape index (κ2) is 3.47. The van der Waals surface area contributed by atoms with Gasteiger partial charge in [-0.2, -0.15) is 0 Å². The Kier molecular flexibility index (Phi) is 2.28. The van der Waals surface area contributed by atoms with Crippen LogP contribution in [-0.4, -0.2) is 17.3 Å². The molecule has 3 nitrogen and oxygen atoms in total. The van der Waals surface area contributed by atoms with Gasteiger partial charge < -0.3 is 10.7 Å². The number of aromatic amines is 1. The Hall–Kier alpha value is -1.68. The summed E-state index contributed by atoms with van der Waals surface area (Å²) in [5.74, 6) is -0.472. The lowest BCUT2D eigenvalue weighted by molar-refractivity contribution is 0.0997. The van der Waals surface area contributed by atoms with Crippen LogP contribution >= 0.6 is 0 Å². The molecule has 0 saturated heterocycles. The van der Waals surface area contributed by atoms with Gasteiger partial charge in [0.2, 0.25) is 0 Å². The number of nitrogens with two attached hydrogens (primary N) is 1. The van der Waals surface area contributed by atoms with E-state index < -0.39 is 0 Å². The van der Waals surface area contributed by atoms with Crippen LogP contribution in [0.5, 0.6) is 0 Å².